The molecule has 2 N–H and O–H groups in total. The predicted octanol–water partition coefficient (Wildman–Crippen LogP) is 4.36. The molecule has 0 aliphatic heterocycles. The van der Waals surface area contributed by atoms with Crippen LogP contribution in [0, 0.1) is 6.92 Å². The van der Waals surface area contributed by atoms with Crippen molar-refractivity contribution in [1.29, 1.82) is 0 Å². The number of thiophene rings is 1. The second kappa shape index (κ2) is 7.74. The minimum Gasteiger partial charge on any atom is -0.326 e. The second-order valence-electron chi connectivity index (χ2n) is 5.57. The van der Waals surface area contributed by atoms with E-state index >= 15 is 0 Å². The number of rotatable bonds is 7. The fourth-order valence-electron chi connectivity index (χ4n) is 2.73. The van der Waals surface area contributed by atoms with Crippen molar-refractivity contribution in [3.8, 4) is 0 Å². The Morgan fingerprint density at radius 1 is 1.14 bits per heavy atom. The van der Waals surface area contributed by atoms with Crippen LogP contribution in [0.15, 0.2) is 41.8 Å². The minimum absolute atomic E-state index is 0.160. The van der Waals surface area contributed by atoms with E-state index in [0.29, 0.717) is 0 Å². The van der Waals surface area contributed by atoms with E-state index in [1.165, 1.54) is 16.0 Å². The Bertz CT molecular complexity index is 519. The number of nitrogens with two attached hydrogens (primary N) is 1. The first-order chi connectivity index (χ1) is 10.2. The molecule has 2 rings (SSSR count). The third kappa shape index (κ3) is 4.16. The van der Waals surface area contributed by atoms with Crippen molar-refractivity contribution in [3.05, 3.63) is 57.8 Å². The third-order valence-corrected chi connectivity index (χ3v) is 4.90. The Hall–Kier alpha value is -1.16. The zero-order valence-corrected chi connectivity index (χ0v) is 14.1. The molecular formula is C18H26N2S. The first kappa shape index (κ1) is 16.2. The molecule has 0 aliphatic rings. The summed E-state index contributed by atoms with van der Waals surface area (Å²) in [4.78, 5) is 3.89. The fourth-order valence-corrected chi connectivity index (χ4v) is 3.45. The molecule has 21 heavy (non-hydrogen) atoms. The number of likely N-dealkylation sites (N-methyl/N-ethyl adjacent to an activating group) is 1. The standard InChI is InChI=1S/C18H26N2S/c1-4-17(19)18(15-10-8-14(3)9-11-15)20(5-2)13-16-7-6-12-21-16/h6-12,17-18H,4-5,13,19H2,1-3H3. The van der Waals surface area contributed by atoms with Gasteiger partial charge in [-0.05, 0) is 36.9 Å². The van der Waals surface area contributed by atoms with Gasteiger partial charge in [-0.15, -0.1) is 11.3 Å². The van der Waals surface area contributed by atoms with Gasteiger partial charge in [0, 0.05) is 17.5 Å². The quantitative estimate of drug-likeness (QED) is 0.823. The van der Waals surface area contributed by atoms with E-state index < -0.39 is 0 Å². The molecule has 0 aliphatic carbocycles. The highest BCUT2D eigenvalue weighted by atomic mass is 32.1. The minimum atomic E-state index is 0.160. The molecule has 2 aromatic rings. The van der Waals surface area contributed by atoms with Crippen molar-refractivity contribution in [2.45, 2.75) is 45.8 Å². The molecule has 2 atom stereocenters. The summed E-state index contributed by atoms with van der Waals surface area (Å²) in [6.07, 6.45) is 0.986. The van der Waals surface area contributed by atoms with E-state index in [9.17, 15) is 0 Å². The van der Waals surface area contributed by atoms with Crippen molar-refractivity contribution < 1.29 is 0 Å². The highest BCUT2D eigenvalue weighted by Gasteiger charge is 2.25. The average Bonchev–Trinajstić information content (AvgIpc) is 3.01. The van der Waals surface area contributed by atoms with Gasteiger partial charge in [-0.2, -0.15) is 0 Å². The zero-order valence-electron chi connectivity index (χ0n) is 13.3. The van der Waals surface area contributed by atoms with Crippen LogP contribution in [0.2, 0.25) is 0 Å². The molecule has 2 nitrogen and oxygen atoms in total. The van der Waals surface area contributed by atoms with Crippen LogP contribution in [-0.2, 0) is 6.54 Å². The molecule has 0 bridgehead atoms. The van der Waals surface area contributed by atoms with Crippen LogP contribution in [0.1, 0.15) is 42.3 Å². The summed E-state index contributed by atoms with van der Waals surface area (Å²) in [5, 5.41) is 2.14. The molecule has 2 unspecified atom stereocenters. The van der Waals surface area contributed by atoms with Crippen molar-refractivity contribution in [1.82, 2.24) is 4.90 Å². The van der Waals surface area contributed by atoms with Gasteiger partial charge in [-0.25, -0.2) is 0 Å². The molecule has 1 heterocycles. The first-order valence-corrected chi connectivity index (χ1v) is 8.62. The molecule has 1 aromatic carbocycles. The van der Waals surface area contributed by atoms with E-state index in [-0.39, 0.29) is 12.1 Å². The van der Waals surface area contributed by atoms with Gasteiger partial charge in [0.2, 0.25) is 0 Å². The molecule has 0 fully saturated rings. The van der Waals surface area contributed by atoms with Crippen LogP contribution < -0.4 is 5.73 Å². The van der Waals surface area contributed by atoms with Crippen molar-refractivity contribution in [2.75, 3.05) is 6.54 Å². The van der Waals surface area contributed by atoms with Gasteiger partial charge in [-0.3, -0.25) is 4.90 Å². The molecule has 0 amide bonds. The fraction of sp³-hybridized carbons (Fsp3) is 0.444. The lowest BCUT2D eigenvalue weighted by atomic mass is 9.95. The number of benzene rings is 1. The Morgan fingerprint density at radius 2 is 1.86 bits per heavy atom. The smallest absolute Gasteiger partial charge is 0.0502 e. The average molecular weight is 302 g/mol. The normalized spacial score (nSPS) is 14.3. The van der Waals surface area contributed by atoms with E-state index in [1.54, 1.807) is 0 Å². The second-order valence-corrected chi connectivity index (χ2v) is 6.60. The van der Waals surface area contributed by atoms with Crippen LogP contribution in [0.5, 0.6) is 0 Å². The Kier molecular flexibility index (Phi) is 5.97. The molecule has 1 aromatic heterocycles. The summed E-state index contributed by atoms with van der Waals surface area (Å²) in [5.41, 5.74) is 9.08. The van der Waals surface area contributed by atoms with Crippen LogP contribution in [-0.4, -0.2) is 17.5 Å². The maximum absolute atomic E-state index is 6.45. The van der Waals surface area contributed by atoms with Gasteiger partial charge >= 0.3 is 0 Å². The zero-order chi connectivity index (χ0) is 15.2. The number of nitrogens with zero attached hydrogens (tertiary/aromatic N) is 1. The highest BCUT2D eigenvalue weighted by molar-refractivity contribution is 7.09. The van der Waals surface area contributed by atoms with E-state index in [0.717, 1.165) is 19.5 Å². The lowest BCUT2D eigenvalue weighted by Crippen LogP contribution is -2.40. The lowest BCUT2D eigenvalue weighted by Gasteiger charge is -2.34. The number of aryl methyl sites for hydroxylation is 1. The number of hydrogen-bond donors (Lipinski definition) is 1. The summed E-state index contributed by atoms with van der Waals surface area (Å²) in [7, 11) is 0. The van der Waals surface area contributed by atoms with E-state index in [4.69, 9.17) is 5.73 Å². The summed E-state index contributed by atoms with van der Waals surface area (Å²) in [6.45, 7) is 8.49. The topological polar surface area (TPSA) is 29.3 Å². The summed E-state index contributed by atoms with van der Waals surface area (Å²) < 4.78 is 0. The van der Waals surface area contributed by atoms with E-state index in [1.807, 2.05) is 11.3 Å². The third-order valence-electron chi connectivity index (χ3n) is 4.03. The van der Waals surface area contributed by atoms with Crippen LogP contribution >= 0.6 is 11.3 Å². The van der Waals surface area contributed by atoms with Crippen molar-refractivity contribution in [2.24, 2.45) is 5.73 Å². The van der Waals surface area contributed by atoms with E-state index in [2.05, 4.69) is 67.4 Å². The van der Waals surface area contributed by atoms with Gasteiger partial charge in [0.1, 0.15) is 0 Å². The Morgan fingerprint density at radius 3 is 2.38 bits per heavy atom. The Balaban J connectivity index is 2.26. The molecule has 114 valence electrons. The first-order valence-electron chi connectivity index (χ1n) is 7.74. The van der Waals surface area contributed by atoms with Crippen LogP contribution in [0.4, 0.5) is 0 Å². The summed E-state index contributed by atoms with van der Waals surface area (Å²) >= 11 is 1.82. The predicted molar refractivity (Wildman–Crippen MR) is 92.6 cm³/mol. The van der Waals surface area contributed by atoms with Crippen LogP contribution in [0.3, 0.4) is 0 Å². The molecule has 0 saturated carbocycles. The summed E-state index contributed by atoms with van der Waals surface area (Å²) in [5.74, 6) is 0. The summed E-state index contributed by atoms with van der Waals surface area (Å²) in [6, 6.07) is 13.6. The van der Waals surface area contributed by atoms with Crippen molar-refractivity contribution in [3.63, 3.8) is 0 Å². The lowest BCUT2D eigenvalue weighted by molar-refractivity contribution is 0.171. The SMILES string of the molecule is CCC(N)C(c1ccc(C)cc1)N(CC)Cc1cccs1. The molecule has 0 saturated heterocycles. The van der Waals surface area contributed by atoms with Gasteiger partial charge in [0.05, 0.1) is 6.04 Å². The van der Waals surface area contributed by atoms with Crippen molar-refractivity contribution >= 4 is 11.3 Å². The van der Waals surface area contributed by atoms with Gasteiger partial charge in [0.15, 0.2) is 0 Å². The van der Waals surface area contributed by atoms with Crippen LogP contribution in [0.25, 0.3) is 0 Å². The monoisotopic (exact) mass is 302 g/mol. The van der Waals surface area contributed by atoms with Gasteiger partial charge in [0.25, 0.3) is 0 Å². The molecule has 3 heteroatoms. The largest absolute Gasteiger partial charge is 0.326 e. The van der Waals surface area contributed by atoms with Gasteiger partial charge in [-0.1, -0.05) is 49.7 Å². The molecular weight excluding hydrogens is 276 g/mol. The molecule has 0 radical (unpaired) electrons. The highest BCUT2D eigenvalue weighted by Crippen LogP contribution is 2.28. The maximum Gasteiger partial charge on any atom is 0.0502 e. The van der Waals surface area contributed by atoms with Gasteiger partial charge < -0.3 is 5.73 Å². The number of hydrogen-bond acceptors (Lipinski definition) is 3. The maximum atomic E-state index is 6.45. The molecule has 0 spiro atoms. The Labute approximate surface area is 132 Å².